The number of anilines is 1. The zero-order valence-corrected chi connectivity index (χ0v) is 27.4. The second-order valence-electron chi connectivity index (χ2n) is 12.0. The van der Waals surface area contributed by atoms with Gasteiger partial charge in [0.15, 0.2) is 5.82 Å². The quantitative estimate of drug-likeness (QED) is 0.210. The third-order valence-corrected chi connectivity index (χ3v) is 9.79. The van der Waals surface area contributed by atoms with Gasteiger partial charge in [0.1, 0.15) is 11.3 Å². The third kappa shape index (κ3) is 8.01. The van der Waals surface area contributed by atoms with Crippen LogP contribution in [0.5, 0.6) is 0 Å². The molecule has 1 aliphatic heterocycles. The number of unbranched alkanes of at least 4 members (excludes halogenated alkanes) is 1. The van der Waals surface area contributed by atoms with Gasteiger partial charge in [0, 0.05) is 57.6 Å². The number of carboxylic acids is 1. The second-order valence-corrected chi connectivity index (χ2v) is 14.0. The number of aryl methyl sites for hydroxylation is 2. The Kier molecular flexibility index (Phi) is 10.5. The molecular weight excluding hydrogens is 606 g/mol. The standard InChI is InChI=1S/C33H43N7O5S/c1-3-4-13-28-36-31-32(26-11-5-6-12-27(26)35-33(31)34)40(28)15-8-14-38(22-25-10-7-9-24(20-25)21-30(42)43)29(41)23-37-16-18-39(19-17-37)46(2,44)45/h5-7,9-12,20H,3-4,8,13-19,21-23H2,1-2H3,(H2,34,35)(H,42,43). The highest BCUT2D eigenvalue weighted by Gasteiger charge is 2.26. The van der Waals surface area contributed by atoms with Crippen molar-refractivity contribution >= 4 is 49.7 Å². The van der Waals surface area contributed by atoms with Gasteiger partial charge in [-0.3, -0.25) is 14.5 Å². The molecule has 1 saturated heterocycles. The number of carbonyl (C=O) groups excluding carboxylic acids is 1. The maximum atomic E-state index is 13.8. The average Bonchev–Trinajstić information content (AvgIpc) is 3.38. The lowest BCUT2D eigenvalue weighted by Crippen LogP contribution is -2.51. The molecule has 3 heterocycles. The Balaban J connectivity index is 1.38. The Hall–Kier alpha value is -4.07. The van der Waals surface area contributed by atoms with Gasteiger partial charge in [0.05, 0.1) is 30.3 Å². The van der Waals surface area contributed by atoms with E-state index in [0.29, 0.717) is 69.1 Å². The van der Waals surface area contributed by atoms with Gasteiger partial charge >= 0.3 is 5.97 Å². The van der Waals surface area contributed by atoms with Crippen molar-refractivity contribution in [1.29, 1.82) is 0 Å². The number of fused-ring (bicyclic) bond motifs is 3. The monoisotopic (exact) mass is 649 g/mol. The number of amides is 1. The Morgan fingerprint density at radius 1 is 1.00 bits per heavy atom. The number of sulfonamides is 1. The van der Waals surface area contributed by atoms with E-state index in [1.807, 2.05) is 52.3 Å². The van der Waals surface area contributed by atoms with Crippen LogP contribution in [0.2, 0.25) is 0 Å². The van der Waals surface area contributed by atoms with E-state index in [0.717, 1.165) is 47.1 Å². The second kappa shape index (κ2) is 14.6. The zero-order valence-electron chi connectivity index (χ0n) is 26.6. The molecule has 0 bridgehead atoms. The summed E-state index contributed by atoms with van der Waals surface area (Å²) in [5.74, 6) is 0.383. The highest BCUT2D eigenvalue weighted by molar-refractivity contribution is 7.88. The van der Waals surface area contributed by atoms with Crippen molar-refractivity contribution in [2.75, 3.05) is 51.3 Å². The predicted octanol–water partition coefficient (Wildman–Crippen LogP) is 3.13. The van der Waals surface area contributed by atoms with Crippen molar-refractivity contribution in [3.05, 3.63) is 65.5 Å². The van der Waals surface area contributed by atoms with Crippen molar-refractivity contribution in [2.24, 2.45) is 0 Å². The third-order valence-electron chi connectivity index (χ3n) is 8.49. The van der Waals surface area contributed by atoms with E-state index in [2.05, 4.69) is 16.5 Å². The first-order valence-electron chi connectivity index (χ1n) is 15.8. The number of para-hydroxylation sites is 1. The highest BCUT2D eigenvalue weighted by atomic mass is 32.2. The molecule has 0 spiro atoms. The minimum atomic E-state index is -3.27. The van der Waals surface area contributed by atoms with Crippen molar-refractivity contribution in [1.82, 2.24) is 28.6 Å². The zero-order chi connectivity index (χ0) is 32.8. The molecule has 1 fully saturated rings. The van der Waals surface area contributed by atoms with Gasteiger partial charge in [-0.05, 0) is 30.0 Å². The number of rotatable bonds is 14. The number of carboxylic acid groups (broad SMARTS) is 1. The van der Waals surface area contributed by atoms with E-state index in [4.69, 9.17) is 10.7 Å². The molecule has 0 radical (unpaired) electrons. The molecule has 1 amide bonds. The molecule has 13 heteroatoms. The molecule has 46 heavy (non-hydrogen) atoms. The molecule has 0 atom stereocenters. The predicted molar refractivity (Wildman–Crippen MR) is 179 cm³/mol. The Morgan fingerprint density at radius 2 is 1.74 bits per heavy atom. The number of benzene rings is 2. The van der Waals surface area contributed by atoms with Crippen molar-refractivity contribution < 1.29 is 23.1 Å². The van der Waals surface area contributed by atoms with E-state index in [1.165, 1.54) is 10.6 Å². The summed E-state index contributed by atoms with van der Waals surface area (Å²) in [5.41, 5.74) is 10.4. The van der Waals surface area contributed by atoms with E-state index >= 15 is 0 Å². The molecule has 2 aromatic heterocycles. The smallest absolute Gasteiger partial charge is 0.307 e. The lowest BCUT2D eigenvalue weighted by Gasteiger charge is -2.34. The first-order chi connectivity index (χ1) is 22.0. The van der Waals surface area contributed by atoms with E-state index in [-0.39, 0.29) is 18.9 Å². The first kappa shape index (κ1) is 33.3. The largest absolute Gasteiger partial charge is 0.481 e. The molecule has 4 aromatic rings. The van der Waals surface area contributed by atoms with Crippen LogP contribution >= 0.6 is 0 Å². The Bertz CT molecular complexity index is 1820. The topological polar surface area (TPSA) is 155 Å². The molecular formula is C33H43N7O5S. The number of imidazole rings is 1. The number of hydrogen-bond donors (Lipinski definition) is 2. The summed E-state index contributed by atoms with van der Waals surface area (Å²) in [6.07, 6.45) is 4.59. The van der Waals surface area contributed by atoms with Crippen LogP contribution in [0.15, 0.2) is 48.5 Å². The molecule has 3 N–H and O–H groups in total. The van der Waals surface area contributed by atoms with Gasteiger partial charge in [-0.2, -0.15) is 4.31 Å². The lowest BCUT2D eigenvalue weighted by molar-refractivity contribution is -0.136. The number of aromatic nitrogens is 3. The summed E-state index contributed by atoms with van der Waals surface area (Å²) < 4.78 is 27.6. The fourth-order valence-corrected chi connectivity index (χ4v) is 6.95. The van der Waals surface area contributed by atoms with Crippen molar-refractivity contribution in [2.45, 2.75) is 52.1 Å². The fraction of sp³-hybridized carbons (Fsp3) is 0.455. The highest BCUT2D eigenvalue weighted by Crippen LogP contribution is 2.29. The summed E-state index contributed by atoms with van der Waals surface area (Å²) in [5, 5.41) is 10.3. The molecule has 0 aliphatic carbocycles. The van der Waals surface area contributed by atoms with Gasteiger partial charge < -0.3 is 20.3 Å². The molecule has 5 rings (SSSR count). The Morgan fingerprint density at radius 3 is 2.46 bits per heavy atom. The molecule has 0 saturated carbocycles. The van der Waals surface area contributed by atoms with E-state index in [1.54, 1.807) is 6.07 Å². The van der Waals surface area contributed by atoms with Gasteiger partial charge in [0.2, 0.25) is 15.9 Å². The van der Waals surface area contributed by atoms with Crippen LogP contribution < -0.4 is 5.73 Å². The number of nitrogens with zero attached hydrogens (tertiary/aromatic N) is 6. The van der Waals surface area contributed by atoms with Gasteiger partial charge in [-0.1, -0.05) is 55.8 Å². The van der Waals surface area contributed by atoms with Crippen LogP contribution in [0.4, 0.5) is 5.82 Å². The minimum Gasteiger partial charge on any atom is -0.481 e. The first-order valence-corrected chi connectivity index (χ1v) is 17.7. The number of pyridine rings is 1. The number of nitrogen functional groups attached to an aromatic ring is 1. The van der Waals surface area contributed by atoms with E-state index < -0.39 is 16.0 Å². The number of nitrogens with two attached hydrogens (primary N) is 1. The summed E-state index contributed by atoms with van der Waals surface area (Å²) >= 11 is 0. The van der Waals surface area contributed by atoms with Crippen molar-refractivity contribution in [3.63, 3.8) is 0 Å². The van der Waals surface area contributed by atoms with Gasteiger partial charge in [-0.25, -0.2) is 18.4 Å². The molecule has 246 valence electrons. The maximum Gasteiger partial charge on any atom is 0.307 e. The molecule has 12 nitrogen and oxygen atoms in total. The normalized spacial score (nSPS) is 14.7. The maximum absolute atomic E-state index is 13.8. The van der Waals surface area contributed by atoms with Crippen LogP contribution in [0, 0.1) is 0 Å². The lowest BCUT2D eigenvalue weighted by atomic mass is 10.1. The fourth-order valence-electron chi connectivity index (χ4n) is 6.13. The van der Waals surface area contributed by atoms with Crippen LogP contribution in [0.1, 0.15) is 43.1 Å². The number of piperazine rings is 1. The Labute approximate surface area is 269 Å². The van der Waals surface area contributed by atoms with Crippen LogP contribution in [0.3, 0.4) is 0 Å². The number of aliphatic carboxylic acids is 1. The van der Waals surface area contributed by atoms with E-state index in [9.17, 15) is 23.1 Å². The van der Waals surface area contributed by atoms with Crippen LogP contribution in [-0.2, 0) is 45.5 Å². The summed E-state index contributed by atoms with van der Waals surface area (Å²) in [4.78, 5) is 38.5. The van der Waals surface area contributed by atoms with Crippen LogP contribution in [0.25, 0.3) is 21.9 Å². The summed E-state index contributed by atoms with van der Waals surface area (Å²) in [6, 6.07) is 15.3. The molecule has 1 aliphatic rings. The van der Waals surface area contributed by atoms with Gasteiger partial charge in [-0.15, -0.1) is 0 Å². The minimum absolute atomic E-state index is 0.0583. The number of hydrogen-bond acceptors (Lipinski definition) is 8. The summed E-state index contributed by atoms with van der Waals surface area (Å²) in [6.45, 7) is 5.41. The summed E-state index contributed by atoms with van der Waals surface area (Å²) in [7, 11) is -3.27. The average molecular weight is 650 g/mol. The number of carbonyl (C=O) groups is 2. The van der Waals surface area contributed by atoms with Crippen molar-refractivity contribution in [3.8, 4) is 0 Å². The van der Waals surface area contributed by atoms with Crippen LogP contribution in [-0.4, -0.2) is 99.6 Å². The SMILES string of the molecule is CCCCc1nc2c(N)nc3ccccc3c2n1CCCN(Cc1cccc(CC(=O)O)c1)C(=O)CN1CCN(S(C)(=O)=O)CC1. The molecule has 2 aromatic carbocycles. The van der Waals surface area contributed by atoms with Gasteiger partial charge in [0.25, 0.3) is 0 Å². The molecule has 0 unspecified atom stereocenters.